The minimum Gasteiger partial charge on any atom is -0.494 e. The van der Waals surface area contributed by atoms with Gasteiger partial charge < -0.3 is 14.1 Å². The highest BCUT2D eigenvalue weighted by atomic mass is 16.5. The Morgan fingerprint density at radius 2 is 1.96 bits per heavy atom. The number of amides is 1. The average Bonchev–Trinajstić information content (AvgIpc) is 3.02. The van der Waals surface area contributed by atoms with E-state index in [1.54, 1.807) is 0 Å². The van der Waals surface area contributed by atoms with Gasteiger partial charge >= 0.3 is 0 Å². The molecule has 1 amide bonds. The van der Waals surface area contributed by atoms with Crippen molar-refractivity contribution >= 4 is 5.91 Å². The molecule has 2 heterocycles. The van der Waals surface area contributed by atoms with Crippen molar-refractivity contribution in [1.82, 2.24) is 14.8 Å². The number of carbonyl (C=O) groups excluding carboxylic acids is 1. The van der Waals surface area contributed by atoms with Crippen molar-refractivity contribution in [2.24, 2.45) is 5.92 Å². The van der Waals surface area contributed by atoms with Gasteiger partial charge in [-0.2, -0.15) is 0 Å². The van der Waals surface area contributed by atoms with Gasteiger partial charge in [0.25, 0.3) is 0 Å². The van der Waals surface area contributed by atoms with E-state index in [9.17, 15) is 4.79 Å². The van der Waals surface area contributed by atoms with E-state index in [0.717, 1.165) is 42.4 Å². The zero-order valence-corrected chi connectivity index (χ0v) is 17.6. The van der Waals surface area contributed by atoms with Crippen molar-refractivity contribution in [3.63, 3.8) is 0 Å². The number of hydrogen-bond donors (Lipinski definition) is 0. The van der Waals surface area contributed by atoms with E-state index in [2.05, 4.69) is 18.7 Å². The van der Waals surface area contributed by atoms with Crippen LogP contribution in [0.1, 0.15) is 39.1 Å². The highest BCUT2D eigenvalue weighted by Crippen LogP contribution is 2.25. The first-order chi connectivity index (χ1) is 13.4. The third-order valence-electron chi connectivity index (χ3n) is 5.12. The van der Waals surface area contributed by atoms with Crippen molar-refractivity contribution in [2.45, 2.75) is 47.2 Å². The monoisotopic (exact) mass is 385 g/mol. The fraction of sp³-hybridized carbons (Fsp3) is 0.545. The molecule has 1 atom stereocenters. The summed E-state index contributed by atoms with van der Waals surface area (Å²) in [6.45, 7) is 13.9. The third kappa shape index (κ3) is 4.55. The maximum Gasteiger partial charge on any atom is 0.239 e. The first-order valence-corrected chi connectivity index (χ1v) is 10.1. The number of aryl methyl sites for hydroxylation is 1. The van der Waals surface area contributed by atoms with Crippen molar-refractivity contribution < 1.29 is 13.9 Å². The lowest BCUT2D eigenvalue weighted by Gasteiger charge is -2.39. The average molecular weight is 386 g/mol. The van der Waals surface area contributed by atoms with Crippen LogP contribution < -0.4 is 4.74 Å². The Balaban J connectivity index is 1.69. The van der Waals surface area contributed by atoms with Crippen LogP contribution in [0.25, 0.3) is 11.5 Å². The Labute approximate surface area is 167 Å². The SMILES string of the molecule is CCOc1ccc(-c2nc(CN3CCN(CC(C)C)C(=O)[C@@H]3C)c(C)o2)cc1. The molecule has 0 aliphatic carbocycles. The molecule has 1 fully saturated rings. The van der Waals surface area contributed by atoms with Gasteiger partial charge in [0.2, 0.25) is 11.8 Å². The highest BCUT2D eigenvalue weighted by molar-refractivity contribution is 5.82. The minimum atomic E-state index is -0.141. The number of piperazine rings is 1. The summed E-state index contributed by atoms with van der Waals surface area (Å²) in [5, 5.41) is 0. The standard InChI is InChI=1S/C22H31N3O3/c1-6-27-19-9-7-18(8-10-19)21-23-20(17(5)28-21)14-24-11-12-25(13-15(2)3)22(26)16(24)4/h7-10,15-16H,6,11-14H2,1-5H3/t16-/m0/s1. The predicted molar refractivity (Wildman–Crippen MR) is 109 cm³/mol. The van der Waals surface area contributed by atoms with E-state index < -0.39 is 0 Å². The van der Waals surface area contributed by atoms with Crippen LogP contribution in [0.5, 0.6) is 5.75 Å². The molecule has 1 aliphatic rings. The van der Waals surface area contributed by atoms with Gasteiger partial charge in [-0.05, 0) is 51.0 Å². The van der Waals surface area contributed by atoms with Crippen molar-refractivity contribution in [3.05, 3.63) is 35.7 Å². The molecule has 28 heavy (non-hydrogen) atoms. The Hall–Kier alpha value is -2.34. The lowest BCUT2D eigenvalue weighted by atomic mass is 10.1. The molecule has 3 rings (SSSR count). The normalized spacial score (nSPS) is 18.1. The van der Waals surface area contributed by atoms with Gasteiger partial charge in [-0.15, -0.1) is 0 Å². The molecule has 152 valence electrons. The van der Waals surface area contributed by atoms with Crippen LogP contribution in [0, 0.1) is 12.8 Å². The van der Waals surface area contributed by atoms with Crippen molar-refractivity contribution in [2.75, 3.05) is 26.2 Å². The molecule has 1 aromatic heterocycles. The fourth-order valence-electron chi connectivity index (χ4n) is 3.56. The summed E-state index contributed by atoms with van der Waals surface area (Å²) in [4.78, 5) is 21.6. The fourth-order valence-corrected chi connectivity index (χ4v) is 3.56. The number of rotatable bonds is 7. The lowest BCUT2D eigenvalue weighted by molar-refractivity contribution is -0.142. The van der Waals surface area contributed by atoms with Gasteiger partial charge in [0, 0.05) is 31.7 Å². The van der Waals surface area contributed by atoms with Crippen LogP contribution >= 0.6 is 0 Å². The molecular formula is C22H31N3O3. The second-order valence-electron chi connectivity index (χ2n) is 7.80. The second kappa shape index (κ2) is 8.78. The first-order valence-electron chi connectivity index (χ1n) is 10.1. The van der Waals surface area contributed by atoms with Gasteiger partial charge in [0.15, 0.2) is 0 Å². The summed E-state index contributed by atoms with van der Waals surface area (Å²) in [6.07, 6.45) is 0. The van der Waals surface area contributed by atoms with Gasteiger partial charge in [-0.1, -0.05) is 13.8 Å². The Morgan fingerprint density at radius 1 is 1.25 bits per heavy atom. The smallest absolute Gasteiger partial charge is 0.239 e. The van der Waals surface area contributed by atoms with E-state index in [1.165, 1.54) is 0 Å². The number of carbonyl (C=O) groups is 1. The molecule has 0 bridgehead atoms. The molecule has 1 aromatic carbocycles. The molecule has 1 aliphatic heterocycles. The molecule has 1 saturated heterocycles. The Morgan fingerprint density at radius 3 is 2.61 bits per heavy atom. The first kappa shape index (κ1) is 20.4. The third-order valence-corrected chi connectivity index (χ3v) is 5.12. The molecule has 0 radical (unpaired) electrons. The van der Waals surface area contributed by atoms with Gasteiger partial charge in [0.1, 0.15) is 11.5 Å². The van der Waals surface area contributed by atoms with Gasteiger partial charge in [-0.3, -0.25) is 9.69 Å². The molecule has 0 spiro atoms. The Kier molecular flexibility index (Phi) is 6.39. The summed E-state index contributed by atoms with van der Waals surface area (Å²) in [5.74, 6) is 2.92. The van der Waals surface area contributed by atoms with E-state index in [-0.39, 0.29) is 11.9 Å². The van der Waals surface area contributed by atoms with Crippen molar-refractivity contribution in [3.8, 4) is 17.2 Å². The highest BCUT2D eigenvalue weighted by Gasteiger charge is 2.32. The second-order valence-corrected chi connectivity index (χ2v) is 7.80. The summed E-state index contributed by atoms with van der Waals surface area (Å²) < 4.78 is 11.4. The molecule has 0 saturated carbocycles. The zero-order chi connectivity index (χ0) is 20.3. The number of hydrogen-bond acceptors (Lipinski definition) is 5. The molecule has 6 nitrogen and oxygen atoms in total. The van der Waals surface area contributed by atoms with Crippen LogP contribution in [0.2, 0.25) is 0 Å². The number of benzene rings is 1. The van der Waals surface area contributed by atoms with Crippen LogP contribution in [-0.2, 0) is 11.3 Å². The topological polar surface area (TPSA) is 58.8 Å². The number of ether oxygens (including phenoxy) is 1. The summed E-state index contributed by atoms with van der Waals surface area (Å²) in [6, 6.07) is 7.62. The molecular weight excluding hydrogens is 354 g/mol. The Bertz CT molecular complexity index is 798. The number of nitrogens with zero attached hydrogens (tertiary/aromatic N) is 3. The van der Waals surface area contributed by atoms with E-state index in [4.69, 9.17) is 14.1 Å². The van der Waals surface area contributed by atoms with Gasteiger partial charge in [0.05, 0.1) is 18.3 Å². The molecule has 0 unspecified atom stereocenters. The quantitative estimate of drug-likeness (QED) is 0.727. The molecule has 2 aromatic rings. The largest absolute Gasteiger partial charge is 0.494 e. The van der Waals surface area contributed by atoms with E-state index in [1.807, 2.05) is 49.9 Å². The number of oxazole rings is 1. The summed E-state index contributed by atoms with van der Waals surface area (Å²) in [7, 11) is 0. The van der Waals surface area contributed by atoms with Crippen LogP contribution in [0.15, 0.2) is 28.7 Å². The minimum absolute atomic E-state index is 0.141. The lowest BCUT2D eigenvalue weighted by Crippen LogP contribution is -2.56. The molecule has 0 N–H and O–H groups in total. The van der Waals surface area contributed by atoms with E-state index in [0.29, 0.717) is 25.0 Å². The van der Waals surface area contributed by atoms with Crippen LogP contribution in [-0.4, -0.2) is 53.0 Å². The predicted octanol–water partition coefficient (Wildman–Crippen LogP) is 3.74. The summed E-state index contributed by atoms with van der Waals surface area (Å²) >= 11 is 0. The van der Waals surface area contributed by atoms with Gasteiger partial charge in [-0.25, -0.2) is 4.98 Å². The number of aromatic nitrogens is 1. The van der Waals surface area contributed by atoms with E-state index >= 15 is 0 Å². The maximum absolute atomic E-state index is 12.7. The molecule has 6 heteroatoms. The maximum atomic E-state index is 12.7. The van der Waals surface area contributed by atoms with Crippen LogP contribution in [0.3, 0.4) is 0 Å². The van der Waals surface area contributed by atoms with Crippen molar-refractivity contribution in [1.29, 1.82) is 0 Å². The zero-order valence-electron chi connectivity index (χ0n) is 17.6. The summed E-state index contributed by atoms with van der Waals surface area (Å²) in [5.41, 5.74) is 1.81. The van der Waals surface area contributed by atoms with Crippen LogP contribution in [0.4, 0.5) is 0 Å².